The van der Waals surface area contributed by atoms with Gasteiger partial charge in [0.05, 0.1) is 5.88 Å². The standard InChI is InChI=1S/C13H14BrNO3S/c14-10-3-1-2-9(6-10)4-5-12(16)15-8-19-7-11(15)13(17)18/h1-3,6,11H,4-5,7-8H2,(H,17,18)/t11-/m0/s1. The van der Waals surface area contributed by atoms with Gasteiger partial charge < -0.3 is 10.0 Å². The summed E-state index contributed by atoms with van der Waals surface area (Å²) in [5.74, 6) is -0.0372. The Morgan fingerprint density at radius 2 is 2.26 bits per heavy atom. The molecule has 1 atom stereocenters. The first-order valence-corrected chi connectivity index (χ1v) is 7.87. The zero-order valence-corrected chi connectivity index (χ0v) is 12.6. The number of aryl methyl sites for hydroxylation is 1. The third-order valence-corrected chi connectivity index (χ3v) is 4.51. The van der Waals surface area contributed by atoms with E-state index in [2.05, 4.69) is 15.9 Å². The van der Waals surface area contributed by atoms with Crippen LogP contribution >= 0.6 is 27.7 Å². The molecule has 1 aliphatic heterocycles. The lowest BCUT2D eigenvalue weighted by atomic mass is 10.1. The molecule has 1 heterocycles. The van der Waals surface area contributed by atoms with Crippen molar-refractivity contribution in [1.29, 1.82) is 0 Å². The number of nitrogens with zero attached hydrogens (tertiary/aromatic N) is 1. The Bertz CT molecular complexity index is 495. The molecule has 0 aliphatic carbocycles. The van der Waals surface area contributed by atoms with Gasteiger partial charge >= 0.3 is 5.97 Å². The van der Waals surface area contributed by atoms with Crippen molar-refractivity contribution in [2.24, 2.45) is 0 Å². The summed E-state index contributed by atoms with van der Waals surface area (Å²) in [5, 5.41) is 9.04. The Morgan fingerprint density at radius 3 is 2.95 bits per heavy atom. The number of rotatable bonds is 4. The minimum absolute atomic E-state index is 0.0858. The van der Waals surface area contributed by atoms with E-state index in [0.717, 1.165) is 10.0 Å². The van der Waals surface area contributed by atoms with E-state index in [9.17, 15) is 9.59 Å². The maximum atomic E-state index is 12.1. The van der Waals surface area contributed by atoms with E-state index >= 15 is 0 Å². The number of carboxylic acids is 1. The summed E-state index contributed by atoms with van der Waals surface area (Å²) in [7, 11) is 0. The van der Waals surface area contributed by atoms with Gasteiger partial charge in [0.15, 0.2) is 0 Å². The summed E-state index contributed by atoms with van der Waals surface area (Å²) in [5.41, 5.74) is 1.07. The maximum absolute atomic E-state index is 12.1. The monoisotopic (exact) mass is 343 g/mol. The van der Waals surface area contributed by atoms with Crippen LogP contribution in [0.5, 0.6) is 0 Å². The molecule has 1 N–H and O–H groups in total. The highest BCUT2D eigenvalue weighted by Gasteiger charge is 2.33. The number of thioether (sulfide) groups is 1. The first-order chi connectivity index (χ1) is 9.08. The first-order valence-electron chi connectivity index (χ1n) is 5.92. The number of carboxylic acid groups (broad SMARTS) is 1. The fourth-order valence-electron chi connectivity index (χ4n) is 1.98. The fourth-order valence-corrected chi connectivity index (χ4v) is 3.60. The van der Waals surface area contributed by atoms with E-state index in [-0.39, 0.29) is 5.91 Å². The first kappa shape index (κ1) is 14.4. The predicted molar refractivity (Wildman–Crippen MR) is 78.1 cm³/mol. The lowest BCUT2D eigenvalue weighted by molar-refractivity contribution is -0.147. The molecule has 0 radical (unpaired) electrons. The van der Waals surface area contributed by atoms with Crippen LogP contribution in [0.15, 0.2) is 28.7 Å². The van der Waals surface area contributed by atoms with Crippen LogP contribution in [0, 0.1) is 0 Å². The predicted octanol–water partition coefficient (Wildman–Crippen LogP) is 2.37. The van der Waals surface area contributed by atoms with Crippen LogP contribution in [0.3, 0.4) is 0 Å². The lowest BCUT2D eigenvalue weighted by Gasteiger charge is -2.20. The molecular formula is C13H14BrNO3S. The average molecular weight is 344 g/mol. The van der Waals surface area contributed by atoms with Gasteiger partial charge in [-0.05, 0) is 24.1 Å². The molecule has 102 valence electrons. The zero-order valence-electron chi connectivity index (χ0n) is 10.2. The van der Waals surface area contributed by atoms with E-state index in [0.29, 0.717) is 24.5 Å². The van der Waals surface area contributed by atoms with Crippen molar-refractivity contribution in [2.75, 3.05) is 11.6 Å². The van der Waals surface area contributed by atoms with Crippen molar-refractivity contribution in [3.8, 4) is 0 Å². The zero-order chi connectivity index (χ0) is 13.8. The SMILES string of the molecule is O=C(O)[C@@H]1CSCN1C(=O)CCc1cccc(Br)c1. The maximum Gasteiger partial charge on any atom is 0.327 e. The average Bonchev–Trinajstić information content (AvgIpc) is 2.85. The third-order valence-electron chi connectivity index (χ3n) is 3.00. The topological polar surface area (TPSA) is 57.6 Å². The smallest absolute Gasteiger partial charge is 0.327 e. The van der Waals surface area contributed by atoms with Gasteiger partial charge in [-0.2, -0.15) is 0 Å². The summed E-state index contributed by atoms with van der Waals surface area (Å²) >= 11 is 4.88. The van der Waals surface area contributed by atoms with Gasteiger partial charge in [-0.1, -0.05) is 28.1 Å². The Labute approximate surface area is 124 Å². The van der Waals surface area contributed by atoms with E-state index in [4.69, 9.17) is 5.11 Å². The summed E-state index contributed by atoms with van der Waals surface area (Å²) < 4.78 is 0.984. The second kappa shape index (κ2) is 6.43. The molecule has 1 fully saturated rings. The van der Waals surface area contributed by atoms with Crippen LogP contribution in [0.1, 0.15) is 12.0 Å². The van der Waals surface area contributed by atoms with Crippen LogP contribution in [0.4, 0.5) is 0 Å². The van der Waals surface area contributed by atoms with Gasteiger partial charge in [-0.15, -0.1) is 11.8 Å². The summed E-state index contributed by atoms with van der Waals surface area (Å²) in [6.45, 7) is 0. The van der Waals surface area contributed by atoms with Crippen LogP contribution in [0.2, 0.25) is 0 Å². The molecule has 0 unspecified atom stereocenters. The Balaban J connectivity index is 1.92. The molecule has 1 saturated heterocycles. The van der Waals surface area contributed by atoms with Crippen LogP contribution in [-0.4, -0.2) is 39.6 Å². The quantitative estimate of drug-likeness (QED) is 0.911. The molecule has 1 aromatic carbocycles. The van der Waals surface area contributed by atoms with E-state index in [1.807, 2.05) is 24.3 Å². The molecule has 2 rings (SSSR count). The number of carbonyl (C=O) groups is 2. The highest BCUT2D eigenvalue weighted by molar-refractivity contribution is 9.10. The van der Waals surface area contributed by atoms with E-state index in [1.165, 1.54) is 16.7 Å². The largest absolute Gasteiger partial charge is 0.480 e. The minimum atomic E-state index is -0.916. The summed E-state index contributed by atoms with van der Waals surface area (Å²) in [6.07, 6.45) is 0.979. The number of carbonyl (C=O) groups excluding carboxylic acids is 1. The van der Waals surface area contributed by atoms with Gasteiger partial charge in [0, 0.05) is 16.6 Å². The Hall–Kier alpha value is -1.01. The molecule has 0 spiro atoms. The van der Waals surface area contributed by atoms with Gasteiger partial charge in [-0.25, -0.2) is 4.79 Å². The molecule has 19 heavy (non-hydrogen) atoms. The molecule has 6 heteroatoms. The molecule has 4 nitrogen and oxygen atoms in total. The number of hydrogen-bond acceptors (Lipinski definition) is 3. The van der Waals surface area contributed by atoms with E-state index < -0.39 is 12.0 Å². The molecule has 1 amide bonds. The Morgan fingerprint density at radius 1 is 1.47 bits per heavy atom. The third kappa shape index (κ3) is 3.73. The van der Waals surface area contributed by atoms with Gasteiger partial charge in [0.25, 0.3) is 0 Å². The van der Waals surface area contributed by atoms with Crippen LogP contribution in [-0.2, 0) is 16.0 Å². The lowest BCUT2D eigenvalue weighted by Crippen LogP contribution is -2.41. The highest BCUT2D eigenvalue weighted by atomic mass is 79.9. The van der Waals surface area contributed by atoms with Crippen molar-refractivity contribution >= 4 is 39.6 Å². The van der Waals surface area contributed by atoms with Crippen LogP contribution in [0.25, 0.3) is 0 Å². The highest BCUT2D eigenvalue weighted by Crippen LogP contribution is 2.22. The molecular weight excluding hydrogens is 330 g/mol. The molecule has 0 aromatic heterocycles. The van der Waals surface area contributed by atoms with Crippen LogP contribution < -0.4 is 0 Å². The van der Waals surface area contributed by atoms with Gasteiger partial charge in [0.1, 0.15) is 6.04 Å². The van der Waals surface area contributed by atoms with Crippen molar-refractivity contribution in [3.63, 3.8) is 0 Å². The molecule has 0 saturated carbocycles. The van der Waals surface area contributed by atoms with Crippen molar-refractivity contribution < 1.29 is 14.7 Å². The van der Waals surface area contributed by atoms with Gasteiger partial charge in [0.2, 0.25) is 5.91 Å². The minimum Gasteiger partial charge on any atom is -0.480 e. The second-order valence-corrected chi connectivity index (χ2v) is 6.26. The van der Waals surface area contributed by atoms with E-state index in [1.54, 1.807) is 0 Å². The molecule has 1 aromatic rings. The number of halogens is 1. The number of benzene rings is 1. The second-order valence-electron chi connectivity index (χ2n) is 4.35. The molecule has 1 aliphatic rings. The molecule has 0 bridgehead atoms. The number of amides is 1. The van der Waals surface area contributed by atoms with Crippen molar-refractivity contribution in [3.05, 3.63) is 34.3 Å². The number of aliphatic carboxylic acids is 1. The summed E-state index contributed by atoms with van der Waals surface area (Å²) in [6, 6.07) is 7.13. The Kier molecular flexibility index (Phi) is 4.87. The normalized spacial score (nSPS) is 18.6. The van der Waals surface area contributed by atoms with Crippen molar-refractivity contribution in [2.45, 2.75) is 18.9 Å². The van der Waals surface area contributed by atoms with Gasteiger partial charge in [-0.3, -0.25) is 4.79 Å². The summed E-state index contributed by atoms with van der Waals surface area (Å²) in [4.78, 5) is 24.5. The number of hydrogen-bond donors (Lipinski definition) is 1. The fraction of sp³-hybridized carbons (Fsp3) is 0.385. The van der Waals surface area contributed by atoms with Crippen molar-refractivity contribution in [1.82, 2.24) is 4.90 Å².